The Kier molecular flexibility index (Phi) is 6.19. The lowest BCUT2D eigenvalue weighted by Crippen LogP contribution is -2.44. The molecular weight excluding hydrogens is 384 g/mol. The highest BCUT2D eigenvalue weighted by atomic mass is 35.5. The fraction of sp³-hybridized carbons (Fsp3) is 0.350. The average Bonchev–Trinajstić information content (AvgIpc) is 2.65. The van der Waals surface area contributed by atoms with Gasteiger partial charge in [0.1, 0.15) is 0 Å². The second kappa shape index (κ2) is 8.42. The standard InChI is InChI=1S/C20H23ClN2O3S/c1-15-5-2-3-6-17(15)14-27(25,26)23-12-4-7-16(13-23)20(24)22-19-10-8-18(21)9-11-19/h2-3,5-6,8-11,16H,4,7,12-14H2,1H3,(H,22,24)/t16-/m0/s1. The van der Waals surface area contributed by atoms with Crippen LogP contribution in [0.2, 0.25) is 5.02 Å². The average molecular weight is 407 g/mol. The molecule has 1 aliphatic rings. The normalized spacial score (nSPS) is 18.2. The van der Waals surface area contributed by atoms with Crippen LogP contribution in [0.1, 0.15) is 24.0 Å². The highest BCUT2D eigenvalue weighted by Crippen LogP contribution is 2.24. The van der Waals surface area contributed by atoms with Gasteiger partial charge in [0.15, 0.2) is 0 Å². The van der Waals surface area contributed by atoms with Crippen molar-refractivity contribution in [3.8, 4) is 0 Å². The quantitative estimate of drug-likeness (QED) is 0.820. The Morgan fingerprint density at radius 2 is 1.89 bits per heavy atom. The minimum absolute atomic E-state index is 0.0365. The molecule has 5 nitrogen and oxygen atoms in total. The Bertz CT molecular complexity index is 913. The Balaban J connectivity index is 1.66. The number of nitrogens with one attached hydrogen (secondary N) is 1. The molecule has 0 bridgehead atoms. The van der Waals surface area contributed by atoms with Crippen molar-refractivity contribution in [2.45, 2.75) is 25.5 Å². The zero-order chi connectivity index (χ0) is 19.4. The summed E-state index contributed by atoms with van der Waals surface area (Å²) in [6, 6.07) is 14.4. The van der Waals surface area contributed by atoms with Gasteiger partial charge in [0, 0.05) is 23.8 Å². The van der Waals surface area contributed by atoms with Crippen LogP contribution in [0.5, 0.6) is 0 Å². The van der Waals surface area contributed by atoms with E-state index in [0.29, 0.717) is 30.1 Å². The summed E-state index contributed by atoms with van der Waals surface area (Å²) in [5.41, 5.74) is 2.41. The highest BCUT2D eigenvalue weighted by molar-refractivity contribution is 7.88. The number of amides is 1. The number of carbonyl (C=O) groups excluding carboxylic acids is 1. The van der Waals surface area contributed by atoms with Gasteiger partial charge < -0.3 is 5.32 Å². The fourth-order valence-electron chi connectivity index (χ4n) is 3.25. The minimum atomic E-state index is -3.47. The van der Waals surface area contributed by atoms with Gasteiger partial charge in [-0.25, -0.2) is 12.7 Å². The summed E-state index contributed by atoms with van der Waals surface area (Å²) >= 11 is 5.86. The van der Waals surface area contributed by atoms with E-state index in [1.54, 1.807) is 24.3 Å². The van der Waals surface area contributed by atoms with Crippen LogP contribution in [0.25, 0.3) is 0 Å². The Labute approximate surface area is 165 Å². The maximum absolute atomic E-state index is 12.9. The van der Waals surface area contributed by atoms with Crippen LogP contribution in [0.3, 0.4) is 0 Å². The number of halogens is 1. The van der Waals surface area contributed by atoms with Crippen molar-refractivity contribution in [3.05, 3.63) is 64.7 Å². The van der Waals surface area contributed by atoms with Crippen molar-refractivity contribution in [2.75, 3.05) is 18.4 Å². The van der Waals surface area contributed by atoms with Crippen LogP contribution in [0.4, 0.5) is 5.69 Å². The third-order valence-electron chi connectivity index (χ3n) is 4.86. The predicted molar refractivity (Wildman–Crippen MR) is 108 cm³/mol. The van der Waals surface area contributed by atoms with Crippen LogP contribution < -0.4 is 5.32 Å². The summed E-state index contributed by atoms with van der Waals surface area (Å²) in [6.45, 7) is 2.58. The zero-order valence-electron chi connectivity index (χ0n) is 15.2. The maximum atomic E-state index is 12.9. The lowest BCUT2D eigenvalue weighted by atomic mass is 9.99. The smallest absolute Gasteiger partial charge is 0.228 e. The monoisotopic (exact) mass is 406 g/mol. The number of rotatable bonds is 5. The summed E-state index contributed by atoms with van der Waals surface area (Å²) in [5.74, 6) is -0.556. The van der Waals surface area contributed by atoms with E-state index in [4.69, 9.17) is 11.6 Å². The first-order valence-corrected chi connectivity index (χ1v) is 10.9. The van der Waals surface area contributed by atoms with Gasteiger partial charge in [0.2, 0.25) is 15.9 Å². The van der Waals surface area contributed by atoms with Gasteiger partial charge in [0.05, 0.1) is 11.7 Å². The van der Waals surface area contributed by atoms with Crippen LogP contribution in [0.15, 0.2) is 48.5 Å². The third kappa shape index (κ3) is 5.09. The lowest BCUT2D eigenvalue weighted by molar-refractivity contribution is -0.120. The molecule has 0 saturated carbocycles. The summed E-state index contributed by atoms with van der Waals surface area (Å²) < 4.78 is 27.2. The van der Waals surface area contributed by atoms with E-state index in [1.165, 1.54) is 4.31 Å². The van der Waals surface area contributed by atoms with Crippen LogP contribution >= 0.6 is 11.6 Å². The third-order valence-corrected chi connectivity index (χ3v) is 6.91. The number of nitrogens with zero attached hydrogens (tertiary/aromatic N) is 1. The van der Waals surface area contributed by atoms with Crippen molar-refractivity contribution in [1.82, 2.24) is 4.31 Å². The van der Waals surface area contributed by atoms with E-state index in [9.17, 15) is 13.2 Å². The molecule has 144 valence electrons. The predicted octanol–water partition coefficient (Wildman–Crippen LogP) is 3.83. The van der Waals surface area contributed by atoms with E-state index in [-0.39, 0.29) is 24.1 Å². The molecule has 27 heavy (non-hydrogen) atoms. The van der Waals surface area contributed by atoms with Crippen LogP contribution in [-0.2, 0) is 20.6 Å². The molecule has 1 aliphatic heterocycles. The molecule has 0 aromatic heterocycles. The molecule has 1 N–H and O–H groups in total. The van der Waals surface area contributed by atoms with E-state index in [1.807, 2.05) is 31.2 Å². The van der Waals surface area contributed by atoms with E-state index >= 15 is 0 Å². The summed E-state index contributed by atoms with van der Waals surface area (Å²) in [7, 11) is -3.47. The maximum Gasteiger partial charge on any atom is 0.228 e. The second-order valence-corrected chi connectivity index (χ2v) is 9.28. The topological polar surface area (TPSA) is 66.5 Å². The number of aryl methyl sites for hydroxylation is 1. The summed E-state index contributed by atoms with van der Waals surface area (Å²) in [4.78, 5) is 12.6. The van der Waals surface area contributed by atoms with Gasteiger partial charge in [-0.15, -0.1) is 0 Å². The van der Waals surface area contributed by atoms with Crippen LogP contribution in [-0.4, -0.2) is 31.7 Å². The largest absolute Gasteiger partial charge is 0.326 e. The minimum Gasteiger partial charge on any atom is -0.326 e. The first-order chi connectivity index (χ1) is 12.8. The van der Waals surface area contributed by atoms with Crippen molar-refractivity contribution in [3.63, 3.8) is 0 Å². The van der Waals surface area contributed by atoms with E-state index in [2.05, 4.69) is 5.32 Å². The number of carbonyl (C=O) groups is 1. The van der Waals surface area contributed by atoms with Crippen molar-refractivity contribution >= 4 is 33.2 Å². The second-order valence-electron chi connectivity index (χ2n) is 6.88. The van der Waals surface area contributed by atoms with Gasteiger partial charge in [-0.05, 0) is 55.2 Å². The number of hydrogen-bond acceptors (Lipinski definition) is 3. The Morgan fingerprint density at radius 3 is 2.59 bits per heavy atom. The van der Waals surface area contributed by atoms with Gasteiger partial charge >= 0.3 is 0 Å². The molecular formula is C20H23ClN2O3S. The molecule has 2 aromatic rings. The summed E-state index contributed by atoms with van der Waals surface area (Å²) in [5, 5.41) is 3.45. The number of anilines is 1. The number of sulfonamides is 1. The van der Waals surface area contributed by atoms with Gasteiger partial charge in [-0.2, -0.15) is 0 Å². The van der Waals surface area contributed by atoms with Gasteiger partial charge in [0.25, 0.3) is 0 Å². The summed E-state index contributed by atoms with van der Waals surface area (Å²) in [6.07, 6.45) is 1.35. The molecule has 2 aromatic carbocycles. The first-order valence-electron chi connectivity index (χ1n) is 8.94. The fourth-order valence-corrected chi connectivity index (χ4v) is 5.09. The Morgan fingerprint density at radius 1 is 1.19 bits per heavy atom. The molecule has 1 fully saturated rings. The van der Waals surface area contributed by atoms with E-state index < -0.39 is 10.0 Å². The number of hydrogen-bond donors (Lipinski definition) is 1. The molecule has 0 unspecified atom stereocenters. The van der Waals surface area contributed by atoms with Gasteiger partial charge in [-0.3, -0.25) is 4.79 Å². The molecule has 0 aliphatic carbocycles. The molecule has 7 heteroatoms. The molecule has 0 spiro atoms. The lowest BCUT2D eigenvalue weighted by Gasteiger charge is -2.31. The molecule has 1 amide bonds. The van der Waals surface area contributed by atoms with Crippen LogP contribution in [0, 0.1) is 12.8 Å². The number of piperidine rings is 1. The molecule has 1 atom stereocenters. The zero-order valence-corrected chi connectivity index (χ0v) is 16.8. The van der Waals surface area contributed by atoms with Crippen molar-refractivity contribution in [2.24, 2.45) is 5.92 Å². The van der Waals surface area contributed by atoms with Crippen molar-refractivity contribution in [1.29, 1.82) is 0 Å². The Hall–Kier alpha value is -1.89. The molecule has 0 radical (unpaired) electrons. The van der Waals surface area contributed by atoms with Gasteiger partial charge in [-0.1, -0.05) is 35.9 Å². The highest BCUT2D eigenvalue weighted by Gasteiger charge is 2.32. The first kappa shape index (κ1) is 19.9. The SMILES string of the molecule is Cc1ccccc1CS(=O)(=O)N1CCC[C@H](C(=O)Nc2ccc(Cl)cc2)C1. The van der Waals surface area contributed by atoms with E-state index in [0.717, 1.165) is 11.1 Å². The molecule has 3 rings (SSSR count). The molecule has 1 heterocycles. The van der Waals surface area contributed by atoms with Crippen molar-refractivity contribution < 1.29 is 13.2 Å². The number of benzene rings is 2. The molecule has 1 saturated heterocycles.